The van der Waals surface area contributed by atoms with Crippen molar-refractivity contribution in [1.82, 2.24) is 9.96 Å². The average Bonchev–Trinajstić information content (AvgIpc) is 2.13. The highest BCUT2D eigenvalue weighted by atomic mass is 16.7. The average molecular weight is 202 g/mol. The number of carbonyl (C=O) groups is 2. The number of hydroxylamine groups is 2. The van der Waals surface area contributed by atoms with Crippen molar-refractivity contribution in [1.29, 1.82) is 0 Å². The molecular weight excluding hydrogens is 188 g/mol. The fraction of sp³-hybridized carbons (Fsp3) is 0.750. The molecule has 14 heavy (non-hydrogen) atoms. The van der Waals surface area contributed by atoms with Crippen LogP contribution in [0.15, 0.2) is 0 Å². The SMILES string of the molecule is COC(=O)N1CC(C(=O)N(C)OC)C1. The van der Waals surface area contributed by atoms with Gasteiger partial charge in [-0.15, -0.1) is 0 Å². The summed E-state index contributed by atoms with van der Waals surface area (Å²) in [6.45, 7) is 0.804. The van der Waals surface area contributed by atoms with Crippen LogP contribution >= 0.6 is 0 Å². The van der Waals surface area contributed by atoms with Gasteiger partial charge in [-0.05, 0) is 0 Å². The number of ether oxygens (including phenoxy) is 1. The first-order valence-corrected chi connectivity index (χ1v) is 4.24. The van der Waals surface area contributed by atoms with E-state index in [-0.39, 0.29) is 11.8 Å². The van der Waals surface area contributed by atoms with Gasteiger partial charge < -0.3 is 9.64 Å². The quantitative estimate of drug-likeness (QED) is 0.577. The Hall–Kier alpha value is -1.30. The predicted molar refractivity (Wildman–Crippen MR) is 47.2 cm³/mol. The number of rotatable bonds is 2. The maximum Gasteiger partial charge on any atom is 0.409 e. The maximum absolute atomic E-state index is 11.4. The van der Waals surface area contributed by atoms with E-state index in [1.54, 1.807) is 7.05 Å². The summed E-state index contributed by atoms with van der Waals surface area (Å²) in [6, 6.07) is 0. The van der Waals surface area contributed by atoms with Crippen LogP contribution < -0.4 is 0 Å². The molecule has 6 heteroatoms. The van der Waals surface area contributed by atoms with Gasteiger partial charge in [0.2, 0.25) is 0 Å². The number of hydrogen-bond acceptors (Lipinski definition) is 4. The fourth-order valence-electron chi connectivity index (χ4n) is 1.26. The third-order valence-electron chi connectivity index (χ3n) is 2.25. The van der Waals surface area contributed by atoms with Crippen LogP contribution in [-0.4, -0.2) is 56.3 Å². The minimum atomic E-state index is -0.394. The molecule has 0 atom stereocenters. The molecule has 80 valence electrons. The van der Waals surface area contributed by atoms with Gasteiger partial charge in [-0.3, -0.25) is 9.63 Å². The normalized spacial score (nSPS) is 16.1. The van der Waals surface area contributed by atoms with E-state index in [0.29, 0.717) is 13.1 Å². The molecule has 6 nitrogen and oxygen atoms in total. The molecule has 0 saturated carbocycles. The Morgan fingerprint density at radius 1 is 1.36 bits per heavy atom. The molecule has 1 aliphatic rings. The Morgan fingerprint density at radius 2 is 1.93 bits per heavy atom. The Balaban J connectivity index is 2.34. The molecule has 1 heterocycles. The van der Waals surface area contributed by atoms with E-state index in [2.05, 4.69) is 4.74 Å². The molecule has 2 amide bonds. The van der Waals surface area contributed by atoms with Crippen molar-refractivity contribution < 1.29 is 19.2 Å². The monoisotopic (exact) mass is 202 g/mol. The standard InChI is InChI=1S/C8H14N2O4/c1-9(14-3)7(11)6-4-10(5-6)8(12)13-2/h6H,4-5H2,1-3H3. The Bertz CT molecular complexity index is 237. The van der Waals surface area contributed by atoms with Crippen molar-refractivity contribution in [3.05, 3.63) is 0 Å². The van der Waals surface area contributed by atoms with Crippen LogP contribution in [0.25, 0.3) is 0 Å². The third-order valence-corrected chi connectivity index (χ3v) is 2.25. The van der Waals surface area contributed by atoms with Crippen molar-refractivity contribution in [2.75, 3.05) is 34.4 Å². The van der Waals surface area contributed by atoms with Crippen LogP contribution in [0, 0.1) is 5.92 Å². The smallest absolute Gasteiger partial charge is 0.409 e. The molecule has 0 aromatic carbocycles. The van der Waals surface area contributed by atoms with Gasteiger partial charge in [-0.2, -0.15) is 0 Å². The molecule has 1 fully saturated rings. The summed E-state index contributed by atoms with van der Waals surface area (Å²) in [5.41, 5.74) is 0. The van der Waals surface area contributed by atoms with Crippen molar-refractivity contribution in [2.24, 2.45) is 5.92 Å². The van der Waals surface area contributed by atoms with Gasteiger partial charge in [-0.25, -0.2) is 9.86 Å². The zero-order valence-corrected chi connectivity index (χ0v) is 8.52. The van der Waals surface area contributed by atoms with Gasteiger partial charge in [0.25, 0.3) is 5.91 Å². The minimum absolute atomic E-state index is 0.118. The number of amides is 2. The molecule has 0 spiro atoms. The van der Waals surface area contributed by atoms with Crippen LogP contribution in [-0.2, 0) is 14.4 Å². The molecule has 0 aromatic rings. The lowest BCUT2D eigenvalue weighted by molar-refractivity contribution is -0.177. The van der Waals surface area contributed by atoms with Gasteiger partial charge in [0.15, 0.2) is 0 Å². The summed E-state index contributed by atoms with van der Waals surface area (Å²) in [5.74, 6) is -0.285. The molecule has 1 rings (SSSR count). The van der Waals surface area contributed by atoms with E-state index >= 15 is 0 Å². The van der Waals surface area contributed by atoms with Crippen LogP contribution in [0.4, 0.5) is 4.79 Å². The lowest BCUT2D eigenvalue weighted by atomic mass is 10.0. The lowest BCUT2D eigenvalue weighted by Crippen LogP contribution is -2.55. The van der Waals surface area contributed by atoms with Crippen molar-refractivity contribution in [3.63, 3.8) is 0 Å². The second-order valence-corrected chi connectivity index (χ2v) is 3.09. The topological polar surface area (TPSA) is 59.1 Å². The van der Waals surface area contributed by atoms with Crippen molar-refractivity contribution in [2.45, 2.75) is 0 Å². The zero-order valence-electron chi connectivity index (χ0n) is 8.52. The predicted octanol–water partition coefficient (Wildman–Crippen LogP) is -0.296. The Kier molecular flexibility index (Phi) is 3.29. The highest BCUT2D eigenvalue weighted by Gasteiger charge is 2.37. The summed E-state index contributed by atoms with van der Waals surface area (Å²) in [6.07, 6.45) is -0.394. The lowest BCUT2D eigenvalue weighted by Gasteiger charge is -2.37. The van der Waals surface area contributed by atoms with Gasteiger partial charge in [0.05, 0.1) is 20.1 Å². The minimum Gasteiger partial charge on any atom is -0.453 e. The van der Waals surface area contributed by atoms with Gasteiger partial charge >= 0.3 is 6.09 Å². The first-order valence-electron chi connectivity index (χ1n) is 4.24. The third kappa shape index (κ3) is 1.95. The van der Waals surface area contributed by atoms with Crippen LogP contribution in [0.1, 0.15) is 0 Å². The van der Waals surface area contributed by atoms with Crippen LogP contribution in [0.2, 0.25) is 0 Å². The van der Waals surface area contributed by atoms with E-state index in [1.165, 1.54) is 24.2 Å². The second kappa shape index (κ2) is 4.28. The van der Waals surface area contributed by atoms with E-state index in [9.17, 15) is 9.59 Å². The highest BCUT2D eigenvalue weighted by Crippen LogP contribution is 2.18. The van der Waals surface area contributed by atoms with E-state index in [0.717, 1.165) is 0 Å². The Morgan fingerprint density at radius 3 is 2.36 bits per heavy atom. The van der Waals surface area contributed by atoms with E-state index in [1.807, 2.05) is 0 Å². The zero-order chi connectivity index (χ0) is 10.7. The first-order chi connectivity index (χ1) is 6.60. The maximum atomic E-state index is 11.4. The fourth-order valence-corrected chi connectivity index (χ4v) is 1.26. The molecule has 0 bridgehead atoms. The van der Waals surface area contributed by atoms with Gasteiger partial charge in [0.1, 0.15) is 0 Å². The molecule has 1 aliphatic heterocycles. The van der Waals surface area contributed by atoms with E-state index < -0.39 is 6.09 Å². The molecule has 0 unspecified atom stereocenters. The molecular formula is C8H14N2O4. The summed E-state index contributed by atoms with van der Waals surface area (Å²) in [7, 11) is 4.29. The Labute approximate surface area is 82.3 Å². The highest BCUT2D eigenvalue weighted by molar-refractivity contribution is 5.81. The van der Waals surface area contributed by atoms with E-state index in [4.69, 9.17) is 4.84 Å². The number of hydrogen-bond donors (Lipinski definition) is 0. The summed E-state index contributed by atoms with van der Waals surface area (Å²) < 4.78 is 4.50. The molecule has 0 aliphatic carbocycles. The molecule has 0 N–H and O–H groups in total. The van der Waals surface area contributed by atoms with Crippen molar-refractivity contribution >= 4 is 12.0 Å². The molecule has 0 aromatic heterocycles. The number of carbonyl (C=O) groups excluding carboxylic acids is 2. The van der Waals surface area contributed by atoms with Crippen LogP contribution in [0.3, 0.4) is 0 Å². The first kappa shape index (κ1) is 10.8. The molecule has 1 saturated heterocycles. The summed E-state index contributed by atoms with van der Waals surface area (Å²) in [5, 5.41) is 1.17. The van der Waals surface area contributed by atoms with Gasteiger partial charge in [0, 0.05) is 20.1 Å². The summed E-state index contributed by atoms with van der Waals surface area (Å²) in [4.78, 5) is 28.6. The second-order valence-electron chi connectivity index (χ2n) is 3.09. The summed E-state index contributed by atoms with van der Waals surface area (Å²) >= 11 is 0. The number of nitrogens with zero attached hydrogens (tertiary/aromatic N) is 2. The largest absolute Gasteiger partial charge is 0.453 e. The number of methoxy groups -OCH3 is 1. The number of likely N-dealkylation sites (tertiary alicyclic amines) is 1. The molecule has 0 radical (unpaired) electrons. The van der Waals surface area contributed by atoms with Gasteiger partial charge in [-0.1, -0.05) is 0 Å². The van der Waals surface area contributed by atoms with Crippen LogP contribution in [0.5, 0.6) is 0 Å². The van der Waals surface area contributed by atoms with Crippen molar-refractivity contribution in [3.8, 4) is 0 Å².